The van der Waals surface area contributed by atoms with Crippen LogP contribution < -0.4 is 0 Å². The third-order valence-electron chi connectivity index (χ3n) is 4.03. The van der Waals surface area contributed by atoms with Gasteiger partial charge < -0.3 is 0 Å². The normalized spacial score (nSPS) is 11.3. The highest BCUT2D eigenvalue weighted by Crippen LogP contribution is 2.28. The highest BCUT2D eigenvalue weighted by atomic mass is 32.1. The van der Waals surface area contributed by atoms with Gasteiger partial charge in [-0.15, -0.1) is 11.3 Å². The second-order valence-electron chi connectivity index (χ2n) is 7.53. The fourth-order valence-corrected chi connectivity index (χ4v) is 3.28. The van der Waals surface area contributed by atoms with Crippen molar-refractivity contribution in [2.75, 3.05) is 0 Å². The molecule has 0 spiro atoms. The van der Waals surface area contributed by atoms with Crippen molar-refractivity contribution in [3.05, 3.63) is 57.3 Å². The van der Waals surface area contributed by atoms with Gasteiger partial charge in [0.05, 0.1) is 0 Å². The third-order valence-corrected chi connectivity index (χ3v) is 5.72. The van der Waals surface area contributed by atoms with Gasteiger partial charge in [0, 0.05) is 9.75 Å². The molecule has 0 fully saturated rings. The van der Waals surface area contributed by atoms with Gasteiger partial charge in [-0.05, 0) is 46.9 Å². The van der Waals surface area contributed by atoms with Crippen LogP contribution in [0.25, 0.3) is 0 Å². The molecular formula is C22H34S. The summed E-state index contributed by atoms with van der Waals surface area (Å²) in [7, 11) is 0. The molecule has 1 aromatic heterocycles. The Balaban J connectivity index is 0.000000231. The summed E-state index contributed by atoms with van der Waals surface area (Å²) in [6.07, 6.45) is 0. The summed E-state index contributed by atoms with van der Waals surface area (Å²) in [4.78, 5) is 3.02. The van der Waals surface area contributed by atoms with Crippen molar-refractivity contribution in [1.82, 2.24) is 0 Å². The Bertz CT molecular complexity index is 527. The van der Waals surface area contributed by atoms with E-state index >= 15 is 0 Å². The molecule has 0 aliphatic rings. The standard InChI is InChI=1S/C12H18.C10H16S/c1-9(2)11-6-5-7-12(8-11)10(3)4;1-7(2)9-5-6-10(11-9)8(3)4/h5-10H,1-4H3;5-8H,1-4H3. The van der Waals surface area contributed by atoms with E-state index in [1.165, 1.54) is 20.9 Å². The number of thiophene rings is 1. The van der Waals surface area contributed by atoms with Crippen LogP contribution in [0.4, 0.5) is 0 Å². The topological polar surface area (TPSA) is 0 Å². The van der Waals surface area contributed by atoms with Gasteiger partial charge in [-0.2, -0.15) is 0 Å². The average Bonchev–Trinajstić information content (AvgIpc) is 2.98. The summed E-state index contributed by atoms with van der Waals surface area (Å²) >= 11 is 1.95. The van der Waals surface area contributed by atoms with Crippen LogP contribution in [0.1, 0.15) is 99.9 Å². The second kappa shape index (κ2) is 9.27. The maximum Gasteiger partial charge on any atom is 0.00737 e. The van der Waals surface area contributed by atoms with Gasteiger partial charge in [0.2, 0.25) is 0 Å². The molecule has 0 nitrogen and oxygen atoms in total. The van der Waals surface area contributed by atoms with Crippen LogP contribution in [0.2, 0.25) is 0 Å². The molecule has 0 saturated carbocycles. The molecule has 0 aliphatic heterocycles. The van der Waals surface area contributed by atoms with Crippen LogP contribution in [-0.4, -0.2) is 0 Å². The van der Waals surface area contributed by atoms with E-state index in [1.54, 1.807) is 0 Å². The quantitative estimate of drug-likeness (QED) is 0.534. The third kappa shape index (κ3) is 6.51. The predicted octanol–water partition coefficient (Wildman–Crippen LogP) is 7.93. The van der Waals surface area contributed by atoms with E-state index in [0.717, 1.165) is 0 Å². The summed E-state index contributed by atoms with van der Waals surface area (Å²) in [6, 6.07) is 13.4. The van der Waals surface area contributed by atoms with E-state index < -0.39 is 0 Å². The maximum atomic E-state index is 2.31. The van der Waals surface area contributed by atoms with Crippen LogP contribution in [0, 0.1) is 0 Å². The van der Waals surface area contributed by atoms with Crippen molar-refractivity contribution in [3.63, 3.8) is 0 Å². The number of hydrogen-bond donors (Lipinski definition) is 0. The van der Waals surface area contributed by atoms with E-state index in [-0.39, 0.29) is 0 Å². The van der Waals surface area contributed by atoms with Gasteiger partial charge in [-0.3, -0.25) is 0 Å². The molecule has 0 saturated heterocycles. The molecule has 0 unspecified atom stereocenters. The average molecular weight is 331 g/mol. The lowest BCUT2D eigenvalue weighted by Gasteiger charge is -2.09. The van der Waals surface area contributed by atoms with E-state index in [0.29, 0.717) is 23.7 Å². The second-order valence-corrected chi connectivity index (χ2v) is 8.68. The number of benzene rings is 1. The fourth-order valence-electron chi connectivity index (χ4n) is 2.27. The van der Waals surface area contributed by atoms with Gasteiger partial charge >= 0.3 is 0 Å². The molecule has 1 heterocycles. The number of rotatable bonds is 4. The monoisotopic (exact) mass is 330 g/mol. The van der Waals surface area contributed by atoms with E-state index in [1.807, 2.05) is 11.3 Å². The van der Waals surface area contributed by atoms with Gasteiger partial charge in [0.1, 0.15) is 0 Å². The molecule has 0 N–H and O–H groups in total. The van der Waals surface area contributed by atoms with Crippen molar-refractivity contribution in [2.24, 2.45) is 0 Å². The van der Waals surface area contributed by atoms with Crippen molar-refractivity contribution >= 4 is 11.3 Å². The van der Waals surface area contributed by atoms with Gasteiger partial charge in [-0.1, -0.05) is 79.7 Å². The van der Waals surface area contributed by atoms with Gasteiger partial charge in [-0.25, -0.2) is 0 Å². The Labute approximate surface area is 148 Å². The largest absolute Gasteiger partial charge is 0.145 e. The zero-order valence-electron chi connectivity index (χ0n) is 16.2. The first-order valence-corrected chi connectivity index (χ1v) is 9.73. The molecular weight excluding hydrogens is 296 g/mol. The first-order valence-electron chi connectivity index (χ1n) is 8.91. The summed E-state index contributed by atoms with van der Waals surface area (Å²) in [5.41, 5.74) is 2.89. The minimum Gasteiger partial charge on any atom is -0.145 e. The molecule has 0 aliphatic carbocycles. The molecule has 0 bridgehead atoms. The van der Waals surface area contributed by atoms with Crippen LogP contribution in [0.5, 0.6) is 0 Å². The smallest absolute Gasteiger partial charge is 0.00737 e. The molecule has 0 amide bonds. The summed E-state index contributed by atoms with van der Waals surface area (Å²) in [5, 5.41) is 0. The van der Waals surface area contributed by atoms with Crippen LogP contribution >= 0.6 is 11.3 Å². The summed E-state index contributed by atoms with van der Waals surface area (Å²) < 4.78 is 0. The zero-order chi connectivity index (χ0) is 17.6. The van der Waals surface area contributed by atoms with E-state index in [9.17, 15) is 0 Å². The minimum atomic E-state index is 0.642. The lowest BCUT2D eigenvalue weighted by Crippen LogP contribution is -1.91. The molecule has 1 aromatic carbocycles. The molecule has 2 rings (SSSR count). The highest BCUT2D eigenvalue weighted by molar-refractivity contribution is 7.12. The maximum absolute atomic E-state index is 2.31. The van der Waals surface area contributed by atoms with Crippen molar-refractivity contribution in [3.8, 4) is 0 Å². The van der Waals surface area contributed by atoms with Crippen LogP contribution in [-0.2, 0) is 0 Å². The SMILES string of the molecule is CC(C)c1ccc(C(C)C)s1.CC(C)c1cccc(C(C)C)c1. The Morgan fingerprint density at radius 1 is 0.565 bits per heavy atom. The Hall–Kier alpha value is -1.08. The Morgan fingerprint density at radius 3 is 1.22 bits per heavy atom. The minimum absolute atomic E-state index is 0.642. The van der Waals surface area contributed by atoms with E-state index in [2.05, 4.69) is 91.8 Å². The first-order chi connectivity index (χ1) is 10.7. The molecule has 0 radical (unpaired) electrons. The molecule has 2 aromatic rings. The molecule has 23 heavy (non-hydrogen) atoms. The van der Waals surface area contributed by atoms with Crippen LogP contribution in [0.15, 0.2) is 36.4 Å². The predicted molar refractivity (Wildman–Crippen MR) is 107 cm³/mol. The van der Waals surface area contributed by atoms with Crippen LogP contribution in [0.3, 0.4) is 0 Å². The summed E-state index contributed by atoms with van der Waals surface area (Å²) in [6.45, 7) is 17.9. The molecule has 0 atom stereocenters. The van der Waals surface area contributed by atoms with Crippen molar-refractivity contribution < 1.29 is 0 Å². The van der Waals surface area contributed by atoms with E-state index in [4.69, 9.17) is 0 Å². The molecule has 1 heteroatoms. The fraction of sp³-hybridized carbons (Fsp3) is 0.545. The number of hydrogen-bond acceptors (Lipinski definition) is 1. The lowest BCUT2D eigenvalue weighted by atomic mass is 9.96. The van der Waals surface area contributed by atoms with Crippen molar-refractivity contribution in [2.45, 2.75) is 79.1 Å². The zero-order valence-corrected chi connectivity index (χ0v) is 17.0. The molecule has 128 valence electrons. The Kier molecular flexibility index (Phi) is 8.05. The summed E-state index contributed by atoms with van der Waals surface area (Å²) in [5.74, 6) is 2.66. The van der Waals surface area contributed by atoms with Gasteiger partial charge in [0.25, 0.3) is 0 Å². The lowest BCUT2D eigenvalue weighted by molar-refractivity contribution is 0.834. The Morgan fingerprint density at radius 2 is 0.957 bits per heavy atom. The first kappa shape index (κ1) is 20.0. The highest BCUT2D eigenvalue weighted by Gasteiger charge is 2.05. The van der Waals surface area contributed by atoms with Crippen molar-refractivity contribution in [1.29, 1.82) is 0 Å². The van der Waals surface area contributed by atoms with Gasteiger partial charge in [0.15, 0.2) is 0 Å².